The van der Waals surface area contributed by atoms with Crippen molar-refractivity contribution >= 4 is 20.7 Å². The van der Waals surface area contributed by atoms with Crippen LogP contribution in [0.5, 0.6) is 5.75 Å². The number of rotatable bonds is 4. The summed E-state index contributed by atoms with van der Waals surface area (Å²) in [5.41, 5.74) is 4.71. The molecule has 0 amide bonds. The summed E-state index contributed by atoms with van der Waals surface area (Å²) in [5.74, 6) is 0.733. The summed E-state index contributed by atoms with van der Waals surface area (Å²) < 4.78 is 29.2. The van der Waals surface area contributed by atoms with Crippen LogP contribution < -0.4 is 4.74 Å². The number of sulfone groups is 1. The van der Waals surface area contributed by atoms with Crippen molar-refractivity contribution in [3.8, 4) is 28.0 Å². The van der Waals surface area contributed by atoms with Crippen molar-refractivity contribution in [2.45, 2.75) is 4.90 Å². The number of pyridine rings is 1. The number of ether oxygens (including phenoxy) is 1. The first kappa shape index (κ1) is 18.2. The highest BCUT2D eigenvalue weighted by atomic mass is 32.2. The van der Waals surface area contributed by atoms with Crippen LogP contribution in [-0.4, -0.2) is 26.8 Å². The molecule has 1 aromatic heterocycles. The summed E-state index contributed by atoms with van der Waals surface area (Å²) in [4.78, 5) is 4.78. The van der Waals surface area contributed by atoms with Crippen molar-refractivity contribution in [2.24, 2.45) is 0 Å². The molecule has 0 aliphatic rings. The Hall–Kier alpha value is -3.18. The van der Waals surface area contributed by atoms with Crippen LogP contribution in [0.4, 0.5) is 0 Å². The van der Waals surface area contributed by atoms with Gasteiger partial charge in [-0.1, -0.05) is 42.5 Å². The Bertz CT molecular complexity index is 1280. The van der Waals surface area contributed by atoms with Crippen molar-refractivity contribution in [3.05, 3.63) is 79.0 Å². The Morgan fingerprint density at radius 2 is 1.50 bits per heavy atom. The fourth-order valence-corrected chi connectivity index (χ4v) is 4.00. The van der Waals surface area contributed by atoms with Crippen molar-refractivity contribution in [1.29, 1.82) is 0 Å². The van der Waals surface area contributed by atoms with Gasteiger partial charge in [-0.05, 0) is 52.6 Å². The zero-order chi connectivity index (χ0) is 19.7. The van der Waals surface area contributed by atoms with Gasteiger partial charge in [0.05, 0.1) is 12.0 Å². The minimum atomic E-state index is -3.25. The van der Waals surface area contributed by atoms with E-state index in [1.54, 1.807) is 31.5 Å². The molecule has 0 N–H and O–H groups in total. The lowest BCUT2D eigenvalue weighted by Gasteiger charge is -2.11. The van der Waals surface area contributed by atoms with Crippen molar-refractivity contribution in [3.63, 3.8) is 0 Å². The van der Waals surface area contributed by atoms with Crippen LogP contribution in [0.1, 0.15) is 0 Å². The minimum Gasteiger partial charge on any atom is -0.494 e. The Morgan fingerprint density at radius 1 is 0.821 bits per heavy atom. The highest BCUT2D eigenvalue weighted by molar-refractivity contribution is 7.90. The highest BCUT2D eigenvalue weighted by Crippen LogP contribution is 2.34. The SMILES string of the molecule is COc1cccc2c(-c3cccc(-c4cccc(S(C)(=O)=O)c4)c3)ccnc12. The molecule has 28 heavy (non-hydrogen) atoms. The molecule has 4 rings (SSSR count). The van der Waals surface area contributed by atoms with Gasteiger partial charge in [0.15, 0.2) is 9.84 Å². The van der Waals surface area contributed by atoms with Crippen LogP contribution in [0.15, 0.2) is 83.9 Å². The second-order valence-electron chi connectivity index (χ2n) is 6.60. The second-order valence-corrected chi connectivity index (χ2v) is 8.61. The van der Waals surface area contributed by atoms with Crippen LogP contribution >= 0.6 is 0 Å². The molecule has 4 nitrogen and oxygen atoms in total. The lowest BCUT2D eigenvalue weighted by molar-refractivity contribution is 0.419. The minimum absolute atomic E-state index is 0.314. The summed E-state index contributed by atoms with van der Waals surface area (Å²) >= 11 is 0. The largest absolute Gasteiger partial charge is 0.494 e. The number of nitrogens with zero attached hydrogens (tertiary/aromatic N) is 1. The van der Waals surface area contributed by atoms with Crippen molar-refractivity contribution < 1.29 is 13.2 Å². The van der Waals surface area contributed by atoms with Crippen LogP contribution in [-0.2, 0) is 9.84 Å². The van der Waals surface area contributed by atoms with Gasteiger partial charge < -0.3 is 4.74 Å². The number of aromatic nitrogens is 1. The summed E-state index contributed by atoms with van der Waals surface area (Å²) in [6, 6.07) is 22.9. The molecule has 1 heterocycles. The average molecular weight is 389 g/mol. The smallest absolute Gasteiger partial charge is 0.175 e. The van der Waals surface area contributed by atoms with Gasteiger partial charge in [-0.25, -0.2) is 8.42 Å². The molecule has 0 unspecified atom stereocenters. The van der Waals surface area contributed by atoms with Gasteiger partial charge >= 0.3 is 0 Å². The fourth-order valence-electron chi connectivity index (χ4n) is 3.34. The number of benzene rings is 3. The van der Waals surface area contributed by atoms with Crippen molar-refractivity contribution in [2.75, 3.05) is 13.4 Å². The maximum absolute atomic E-state index is 11.9. The number of para-hydroxylation sites is 1. The summed E-state index contributed by atoms with van der Waals surface area (Å²) in [5, 5.41) is 1.00. The average Bonchev–Trinajstić information content (AvgIpc) is 2.72. The lowest BCUT2D eigenvalue weighted by Crippen LogP contribution is -1.96. The molecule has 0 radical (unpaired) electrons. The second kappa shape index (κ2) is 7.09. The maximum Gasteiger partial charge on any atom is 0.175 e. The third-order valence-corrected chi connectivity index (χ3v) is 5.83. The quantitative estimate of drug-likeness (QED) is 0.494. The molecule has 140 valence electrons. The van der Waals surface area contributed by atoms with Crippen LogP contribution in [0.2, 0.25) is 0 Å². The highest BCUT2D eigenvalue weighted by Gasteiger charge is 2.11. The van der Waals surface area contributed by atoms with E-state index >= 15 is 0 Å². The molecule has 0 saturated heterocycles. The van der Waals surface area contributed by atoms with E-state index in [9.17, 15) is 8.42 Å². The number of hydrogen-bond acceptors (Lipinski definition) is 4. The van der Waals surface area contributed by atoms with E-state index in [0.29, 0.717) is 4.90 Å². The van der Waals surface area contributed by atoms with Gasteiger partial charge in [0.1, 0.15) is 11.3 Å². The molecule has 0 fully saturated rings. The molecule has 3 aromatic carbocycles. The fraction of sp³-hybridized carbons (Fsp3) is 0.0870. The predicted octanol–water partition coefficient (Wildman–Crippen LogP) is 4.98. The Morgan fingerprint density at radius 3 is 2.25 bits per heavy atom. The van der Waals surface area contributed by atoms with E-state index in [-0.39, 0.29) is 0 Å². The first-order valence-corrected chi connectivity index (χ1v) is 10.7. The van der Waals surface area contributed by atoms with E-state index < -0.39 is 9.84 Å². The molecule has 0 atom stereocenters. The van der Waals surface area contributed by atoms with Gasteiger partial charge in [-0.15, -0.1) is 0 Å². The normalized spacial score (nSPS) is 11.5. The van der Waals surface area contributed by atoms with E-state index in [1.165, 1.54) is 6.26 Å². The number of hydrogen-bond donors (Lipinski definition) is 0. The standard InChI is InChI=1S/C23H19NO3S/c1-27-22-11-5-10-21-20(12-13-24-23(21)22)18-8-3-6-16(14-18)17-7-4-9-19(15-17)28(2,25)26/h3-15H,1-2H3. The molecule has 0 aliphatic carbocycles. The Kier molecular flexibility index (Phi) is 4.61. The van der Waals surface area contributed by atoms with Crippen LogP contribution in [0.3, 0.4) is 0 Å². The van der Waals surface area contributed by atoms with E-state index in [2.05, 4.69) is 11.1 Å². The van der Waals surface area contributed by atoms with Gasteiger partial charge in [-0.3, -0.25) is 4.98 Å². The number of fused-ring (bicyclic) bond motifs is 1. The first-order chi connectivity index (χ1) is 13.5. The molecule has 0 spiro atoms. The van der Waals surface area contributed by atoms with E-state index in [4.69, 9.17) is 4.74 Å². The molecule has 4 aromatic rings. The van der Waals surface area contributed by atoms with E-state index in [1.807, 2.05) is 48.5 Å². The monoisotopic (exact) mass is 389 g/mol. The molecular formula is C23H19NO3S. The topological polar surface area (TPSA) is 56.3 Å². The van der Waals surface area contributed by atoms with Gasteiger partial charge in [0.2, 0.25) is 0 Å². The molecule has 0 aliphatic heterocycles. The summed E-state index contributed by atoms with van der Waals surface area (Å²) in [6.07, 6.45) is 3.00. The van der Waals surface area contributed by atoms with Crippen LogP contribution in [0.25, 0.3) is 33.2 Å². The van der Waals surface area contributed by atoms with Gasteiger partial charge in [0, 0.05) is 17.8 Å². The zero-order valence-electron chi connectivity index (χ0n) is 15.6. The van der Waals surface area contributed by atoms with Crippen molar-refractivity contribution in [1.82, 2.24) is 4.98 Å². The molecule has 0 saturated carbocycles. The Balaban J connectivity index is 1.86. The molecule has 0 bridgehead atoms. The molecular weight excluding hydrogens is 370 g/mol. The molecule has 5 heteroatoms. The number of methoxy groups -OCH3 is 1. The van der Waals surface area contributed by atoms with E-state index in [0.717, 1.165) is 38.9 Å². The summed E-state index contributed by atoms with van der Waals surface area (Å²) in [6.45, 7) is 0. The zero-order valence-corrected chi connectivity index (χ0v) is 16.4. The maximum atomic E-state index is 11.9. The van der Waals surface area contributed by atoms with Crippen LogP contribution in [0, 0.1) is 0 Å². The third kappa shape index (κ3) is 3.37. The Labute approximate surface area is 164 Å². The lowest BCUT2D eigenvalue weighted by atomic mass is 9.97. The summed E-state index contributed by atoms with van der Waals surface area (Å²) in [7, 11) is -1.62. The third-order valence-electron chi connectivity index (χ3n) is 4.72. The van der Waals surface area contributed by atoms with Gasteiger partial charge in [-0.2, -0.15) is 0 Å². The predicted molar refractivity (Wildman–Crippen MR) is 112 cm³/mol. The first-order valence-electron chi connectivity index (χ1n) is 8.80. The van der Waals surface area contributed by atoms with Gasteiger partial charge in [0.25, 0.3) is 0 Å².